The average Bonchev–Trinajstić information content (AvgIpc) is 2.73. The van der Waals surface area contributed by atoms with E-state index in [1.165, 1.54) is 12.1 Å². The van der Waals surface area contributed by atoms with Crippen molar-refractivity contribution in [1.82, 2.24) is 10.2 Å². The third-order valence-corrected chi connectivity index (χ3v) is 5.49. The molecule has 1 aliphatic rings. The van der Waals surface area contributed by atoms with Crippen molar-refractivity contribution < 1.29 is 9.72 Å². The quantitative estimate of drug-likeness (QED) is 0.588. The van der Waals surface area contributed by atoms with Crippen molar-refractivity contribution in [2.45, 2.75) is 26.3 Å². The maximum absolute atomic E-state index is 12.9. The van der Waals surface area contributed by atoms with Crippen molar-refractivity contribution in [3.8, 4) is 0 Å². The van der Waals surface area contributed by atoms with E-state index in [1.54, 1.807) is 12.1 Å². The molecular formula is C23H28N4O3. The minimum absolute atomic E-state index is 0.0784. The Bertz CT molecular complexity index is 945. The Balaban J connectivity index is 1.60. The van der Waals surface area contributed by atoms with Gasteiger partial charge in [0.25, 0.3) is 5.69 Å². The van der Waals surface area contributed by atoms with Gasteiger partial charge in [-0.25, -0.2) is 4.79 Å². The van der Waals surface area contributed by atoms with Crippen LogP contribution in [0.25, 0.3) is 5.57 Å². The number of anilines is 1. The van der Waals surface area contributed by atoms with Gasteiger partial charge in [0.1, 0.15) is 0 Å². The van der Waals surface area contributed by atoms with Crippen LogP contribution in [-0.2, 0) is 5.54 Å². The van der Waals surface area contributed by atoms with Gasteiger partial charge in [-0.2, -0.15) is 0 Å². The first-order valence-electron chi connectivity index (χ1n) is 10.0. The minimum atomic E-state index is -0.516. The van der Waals surface area contributed by atoms with Crippen LogP contribution in [-0.4, -0.2) is 42.0 Å². The zero-order valence-electron chi connectivity index (χ0n) is 17.7. The number of allylic oxidation sites excluding steroid dienone is 1. The van der Waals surface area contributed by atoms with Gasteiger partial charge in [-0.15, -0.1) is 0 Å². The number of urea groups is 1. The summed E-state index contributed by atoms with van der Waals surface area (Å²) in [6.45, 7) is 12.5. The summed E-state index contributed by atoms with van der Waals surface area (Å²) in [5.74, 6) is 0. The van der Waals surface area contributed by atoms with Crippen LogP contribution in [0.15, 0.2) is 55.1 Å². The SMILES string of the molecule is C=C(C)c1cccc(C(C)(C)NC(=O)N2CCN(c3ccc([N+](=O)[O-])cc3)CC2)c1. The molecule has 0 bridgehead atoms. The first-order valence-corrected chi connectivity index (χ1v) is 10.0. The zero-order valence-corrected chi connectivity index (χ0v) is 17.7. The smallest absolute Gasteiger partial charge is 0.318 e. The Kier molecular flexibility index (Phi) is 6.10. The standard InChI is InChI=1S/C23H28N4O3/c1-17(2)18-6-5-7-19(16-18)23(3,4)24-22(28)26-14-12-25(13-15-26)20-8-10-21(11-9-20)27(29)30/h5-11,16H,1,12-15H2,2-4H3,(H,24,28). The third kappa shape index (κ3) is 4.79. The van der Waals surface area contributed by atoms with Crippen molar-refractivity contribution in [3.63, 3.8) is 0 Å². The highest BCUT2D eigenvalue weighted by Crippen LogP contribution is 2.25. The van der Waals surface area contributed by atoms with Gasteiger partial charge < -0.3 is 15.1 Å². The number of nitrogens with zero attached hydrogens (tertiary/aromatic N) is 3. The average molecular weight is 409 g/mol. The molecule has 7 nitrogen and oxygen atoms in total. The lowest BCUT2D eigenvalue weighted by Gasteiger charge is -2.38. The lowest BCUT2D eigenvalue weighted by molar-refractivity contribution is -0.384. The normalized spacial score (nSPS) is 14.4. The fourth-order valence-corrected chi connectivity index (χ4v) is 3.54. The lowest BCUT2D eigenvalue weighted by Crippen LogP contribution is -2.55. The predicted octanol–water partition coefficient (Wildman–Crippen LogP) is 4.39. The summed E-state index contributed by atoms with van der Waals surface area (Å²) < 4.78 is 0. The summed E-state index contributed by atoms with van der Waals surface area (Å²) in [7, 11) is 0. The lowest BCUT2D eigenvalue weighted by atomic mass is 9.92. The molecule has 30 heavy (non-hydrogen) atoms. The van der Waals surface area contributed by atoms with E-state index in [9.17, 15) is 14.9 Å². The van der Waals surface area contributed by atoms with E-state index in [-0.39, 0.29) is 11.7 Å². The predicted molar refractivity (Wildman–Crippen MR) is 120 cm³/mol. The summed E-state index contributed by atoms with van der Waals surface area (Å²) in [4.78, 5) is 27.2. The van der Waals surface area contributed by atoms with E-state index in [2.05, 4.69) is 22.9 Å². The maximum Gasteiger partial charge on any atom is 0.318 e. The van der Waals surface area contributed by atoms with Crippen LogP contribution in [0.1, 0.15) is 31.9 Å². The Hall–Kier alpha value is -3.35. The van der Waals surface area contributed by atoms with Gasteiger partial charge in [-0.05, 0) is 50.1 Å². The van der Waals surface area contributed by atoms with E-state index < -0.39 is 10.5 Å². The molecule has 158 valence electrons. The highest BCUT2D eigenvalue weighted by Gasteiger charge is 2.28. The second-order valence-electron chi connectivity index (χ2n) is 8.16. The molecule has 2 amide bonds. The number of carbonyl (C=O) groups is 1. The third-order valence-electron chi connectivity index (χ3n) is 5.49. The van der Waals surface area contributed by atoms with Crippen molar-refractivity contribution >= 4 is 23.0 Å². The second kappa shape index (κ2) is 8.57. The summed E-state index contributed by atoms with van der Waals surface area (Å²) in [6.07, 6.45) is 0. The van der Waals surface area contributed by atoms with Gasteiger partial charge in [0.2, 0.25) is 0 Å². The topological polar surface area (TPSA) is 78.7 Å². The van der Waals surface area contributed by atoms with Crippen LogP contribution in [0.2, 0.25) is 0 Å². The molecule has 1 heterocycles. The van der Waals surface area contributed by atoms with Crippen molar-refractivity contribution in [3.05, 3.63) is 76.4 Å². The Morgan fingerprint density at radius 1 is 1.10 bits per heavy atom. The number of hydrogen-bond donors (Lipinski definition) is 1. The molecule has 0 saturated carbocycles. The molecule has 2 aromatic carbocycles. The van der Waals surface area contributed by atoms with Crippen molar-refractivity contribution in [2.24, 2.45) is 0 Å². The molecule has 1 aliphatic heterocycles. The molecule has 0 atom stereocenters. The van der Waals surface area contributed by atoms with Crippen LogP contribution in [0, 0.1) is 10.1 Å². The number of benzene rings is 2. The second-order valence-corrected chi connectivity index (χ2v) is 8.16. The number of nitro groups is 1. The van der Waals surface area contributed by atoms with Gasteiger partial charge in [0.15, 0.2) is 0 Å². The minimum Gasteiger partial charge on any atom is -0.368 e. The number of piperazine rings is 1. The maximum atomic E-state index is 12.9. The number of carbonyl (C=O) groups excluding carboxylic acids is 1. The molecule has 1 N–H and O–H groups in total. The first kappa shape index (κ1) is 21.4. The van der Waals surface area contributed by atoms with E-state index in [0.717, 1.165) is 22.4 Å². The molecule has 2 aromatic rings. The molecule has 0 radical (unpaired) electrons. The monoisotopic (exact) mass is 408 g/mol. The summed E-state index contributed by atoms with van der Waals surface area (Å²) in [6, 6.07) is 14.5. The number of amides is 2. The van der Waals surface area contributed by atoms with E-state index in [0.29, 0.717) is 26.2 Å². The molecule has 0 spiro atoms. The van der Waals surface area contributed by atoms with Gasteiger partial charge >= 0.3 is 6.03 Å². The fourth-order valence-electron chi connectivity index (χ4n) is 3.54. The number of hydrogen-bond acceptors (Lipinski definition) is 4. The molecular weight excluding hydrogens is 380 g/mol. The van der Waals surface area contributed by atoms with Crippen LogP contribution < -0.4 is 10.2 Å². The van der Waals surface area contributed by atoms with Crippen molar-refractivity contribution in [1.29, 1.82) is 0 Å². The molecule has 7 heteroatoms. The number of non-ortho nitro benzene ring substituents is 1. The molecule has 0 unspecified atom stereocenters. The highest BCUT2D eigenvalue weighted by atomic mass is 16.6. The van der Waals surface area contributed by atoms with E-state index >= 15 is 0 Å². The summed E-state index contributed by atoms with van der Waals surface area (Å²) in [5.41, 5.74) is 3.57. The van der Waals surface area contributed by atoms with Crippen LogP contribution in [0.4, 0.5) is 16.2 Å². The highest BCUT2D eigenvalue weighted by molar-refractivity contribution is 5.76. The molecule has 1 fully saturated rings. The summed E-state index contributed by atoms with van der Waals surface area (Å²) in [5, 5.41) is 14.0. The Morgan fingerprint density at radius 2 is 1.73 bits per heavy atom. The number of rotatable bonds is 5. The number of nitrogens with one attached hydrogen (secondary N) is 1. The largest absolute Gasteiger partial charge is 0.368 e. The van der Waals surface area contributed by atoms with Gasteiger partial charge in [-0.1, -0.05) is 30.4 Å². The van der Waals surface area contributed by atoms with Crippen LogP contribution >= 0.6 is 0 Å². The Morgan fingerprint density at radius 3 is 2.30 bits per heavy atom. The van der Waals surface area contributed by atoms with Gasteiger partial charge in [-0.3, -0.25) is 10.1 Å². The summed E-state index contributed by atoms with van der Waals surface area (Å²) >= 11 is 0. The molecule has 3 rings (SSSR count). The zero-order chi connectivity index (χ0) is 21.9. The fraction of sp³-hybridized carbons (Fsp3) is 0.348. The van der Waals surface area contributed by atoms with Crippen LogP contribution in [0.5, 0.6) is 0 Å². The van der Waals surface area contributed by atoms with Crippen LogP contribution in [0.3, 0.4) is 0 Å². The molecule has 1 saturated heterocycles. The Labute approximate surface area is 177 Å². The van der Waals surface area contributed by atoms with E-state index in [1.807, 2.05) is 43.9 Å². The first-order chi connectivity index (χ1) is 14.2. The van der Waals surface area contributed by atoms with Gasteiger partial charge in [0.05, 0.1) is 10.5 Å². The van der Waals surface area contributed by atoms with Gasteiger partial charge in [0, 0.05) is 44.0 Å². The molecule has 0 aliphatic carbocycles. The van der Waals surface area contributed by atoms with E-state index in [4.69, 9.17) is 0 Å². The molecule has 0 aromatic heterocycles. The number of nitro benzene ring substituents is 1. The van der Waals surface area contributed by atoms with Crippen molar-refractivity contribution in [2.75, 3.05) is 31.1 Å².